The van der Waals surface area contributed by atoms with Crippen LogP contribution in [0.2, 0.25) is 0 Å². The summed E-state index contributed by atoms with van der Waals surface area (Å²) >= 11 is 0. The number of aromatic nitrogens is 1. The van der Waals surface area contributed by atoms with Crippen molar-refractivity contribution in [2.45, 2.75) is 25.2 Å². The Labute approximate surface area is 165 Å². The molecule has 0 radical (unpaired) electrons. The highest BCUT2D eigenvalue weighted by Gasteiger charge is 2.21. The van der Waals surface area contributed by atoms with Gasteiger partial charge in [-0.3, -0.25) is 4.79 Å². The molecule has 0 aliphatic rings. The first kappa shape index (κ1) is 20.1. The molecule has 2 N–H and O–H groups in total. The van der Waals surface area contributed by atoms with Crippen LogP contribution in [0.3, 0.4) is 0 Å². The number of carbonyl (C=O) groups excluding carboxylic acids is 1. The van der Waals surface area contributed by atoms with Crippen molar-refractivity contribution in [2.24, 2.45) is 0 Å². The minimum absolute atomic E-state index is 0.201. The van der Waals surface area contributed by atoms with E-state index in [9.17, 15) is 13.2 Å². The average molecular weight is 400 g/mol. The maximum Gasteiger partial charge on any atom is 0.251 e. The zero-order valence-corrected chi connectivity index (χ0v) is 16.9. The molecule has 148 valence electrons. The van der Waals surface area contributed by atoms with Gasteiger partial charge < -0.3 is 10.3 Å². The van der Waals surface area contributed by atoms with Gasteiger partial charge in [0.15, 0.2) is 0 Å². The highest BCUT2D eigenvalue weighted by Crippen LogP contribution is 2.18. The van der Waals surface area contributed by atoms with Crippen LogP contribution in [0.1, 0.15) is 29.8 Å². The molecule has 7 heteroatoms. The van der Waals surface area contributed by atoms with Gasteiger partial charge in [-0.15, -0.1) is 0 Å². The Morgan fingerprint density at radius 1 is 1.04 bits per heavy atom. The highest BCUT2D eigenvalue weighted by atomic mass is 32.2. The van der Waals surface area contributed by atoms with Crippen LogP contribution in [0.5, 0.6) is 0 Å². The summed E-state index contributed by atoms with van der Waals surface area (Å²) in [6.07, 6.45) is 2.67. The molecule has 1 amide bonds. The summed E-state index contributed by atoms with van der Waals surface area (Å²) in [5, 5.41) is 4.05. The number of hydrogen-bond donors (Lipinski definition) is 2. The van der Waals surface area contributed by atoms with Gasteiger partial charge in [-0.2, -0.15) is 4.31 Å². The van der Waals surface area contributed by atoms with Gasteiger partial charge in [0, 0.05) is 42.3 Å². The van der Waals surface area contributed by atoms with E-state index < -0.39 is 10.0 Å². The van der Waals surface area contributed by atoms with Gasteiger partial charge in [-0.25, -0.2) is 8.42 Å². The van der Waals surface area contributed by atoms with Crippen molar-refractivity contribution >= 4 is 26.8 Å². The number of hydrogen-bond acceptors (Lipinski definition) is 3. The van der Waals surface area contributed by atoms with E-state index in [4.69, 9.17) is 0 Å². The zero-order valence-electron chi connectivity index (χ0n) is 16.1. The Balaban J connectivity index is 1.62. The molecule has 0 spiro atoms. The first-order valence-electron chi connectivity index (χ1n) is 9.40. The lowest BCUT2D eigenvalue weighted by atomic mass is 10.1. The Bertz CT molecular complexity index is 1050. The number of fused-ring (bicyclic) bond motifs is 1. The highest BCUT2D eigenvalue weighted by molar-refractivity contribution is 7.89. The van der Waals surface area contributed by atoms with E-state index in [0.717, 1.165) is 16.5 Å². The zero-order chi connectivity index (χ0) is 20.1. The van der Waals surface area contributed by atoms with E-state index in [1.807, 2.05) is 24.4 Å². The number of benzene rings is 2. The lowest BCUT2D eigenvalue weighted by Crippen LogP contribution is -2.30. The minimum Gasteiger partial charge on any atom is -0.361 e. The second-order valence-electron chi connectivity index (χ2n) is 6.48. The number of H-pyrrole nitrogens is 1. The molecule has 28 heavy (non-hydrogen) atoms. The molecule has 3 aromatic rings. The summed E-state index contributed by atoms with van der Waals surface area (Å²) in [5.41, 5.74) is 2.67. The third kappa shape index (κ3) is 4.10. The number of nitrogens with zero attached hydrogens (tertiary/aromatic N) is 1. The first-order chi connectivity index (χ1) is 13.5. The third-order valence-corrected chi connectivity index (χ3v) is 6.88. The lowest BCUT2D eigenvalue weighted by Gasteiger charge is -2.18. The minimum atomic E-state index is -3.51. The maximum absolute atomic E-state index is 12.5. The molecule has 0 aliphatic heterocycles. The topological polar surface area (TPSA) is 82.3 Å². The second-order valence-corrected chi connectivity index (χ2v) is 8.42. The molecule has 0 bridgehead atoms. The van der Waals surface area contributed by atoms with Crippen molar-refractivity contribution in [3.63, 3.8) is 0 Å². The Morgan fingerprint density at radius 3 is 2.39 bits per heavy atom. The molecule has 3 rings (SSSR count). The largest absolute Gasteiger partial charge is 0.361 e. The van der Waals surface area contributed by atoms with Crippen LogP contribution in [-0.2, 0) is 16.4 Å². The summed E-state index contributed by atoms with van der Waals surface area (Å²) < 4.78 is 26.4. The van der Waals surface area contributed by atoms with Gasteiger partial charge in [-0.1, -0.05) is 32.0 Å². The molecule has 0 fully saturated rings. The van der Waals surface area contributed by atoms with Crippen molar-refractivity contribution in [3.8, 4) is 0 Å². The van der Waals surface area contributed by atoms with Crippen molar-refractivity contribution in [1.82, 2.24) is 14.6 Å². The Hall–Kier alpha value is -2.64. The standard InChI is InChI=1S/C21H25N3O3S/c1-3-24(4-2)28(26,27)18-11-9-16(10-12-18)21(25)22-14-13-17-15-23-20-8-6-5-7-19(17)20/h5-12,15,23H,3-4,13-14H2,1-2H3,(H,22,25). The number of carbonyl (C=O) groups is 1. The van der Waals surface area contributed by atoms with Gasteiger partial charge in [0.25, 0.3) is 5.91 Å². The molecule has 0 atom stereocenters. The fourth-order valence-corrected chi connectivity index (χ4v) is 4.70. The molecular formula is C21H25N3O3S. The van der Waals surface area contributed by atoms with Crippen LogP contribution in [0.15, 0.2) is 59.6 Å². The van der Waals surface area contributed by atoms with E-state index >= 15 is 0 Å². The van der Waals surface area contributed by atoms with Gasteiger partial charge in [-0.05, 0) is 42.3 Å². The fourth-order valence-electron chi connectivity index (χ4n) is 3.24. The van der Waals surface area contributed by atoms with E-state index in [1.54, 1.807) is 26.0 Å². The SMILES string of the molecule is CCN(CC)S(=O)(=O)c1ccc(C(=O)NCCc2c[nH]c3ccccc23)cc1. The van der Waals surface area contributed by atoms with E-state index in [1.165, 1.54) is 16.4 Å². The number of rotatable bonds is 8. The molecule has 0 saturated heterocycles. The second kappa shape index (κ2) is 8.58. The first-order valence-corrected chi connectivity index (χ1v) is 10.8. The van der Waals surface area contributed by atoms with Crippen LogP contribution in [-0.4, -0.2) is 43.2 Å². The van der Waals surface area contributed by atoms with Crippen molar-refractivity contribution in [3.05, 3.63) is 65.9 Å². The van der Waals surface area contributed by atoms with Crippen LogP contribution in [0.25, 0.3) is 10.9 Å². The molecule has 2 aromatic carbocycles. The summed E-state index contributed by atoms with van der Waals surface area (Å²) in [6, 6.07) is 14.1. The van der Waals surface area contributed by atoms with Crippen LogP contribution in [0.4, 0.5) is 0 Å². The monoisotopic (exact) mass is 399 g/mol. The van der Waals surface area contributed by atoms with E-state index in [-0.39, 0.29) is 10.8 Å². The normalized spacial score (nSPS) is 11.8. The lowest BCUT2D eigenvalue weighted by molar-refractivity contribution is 0.0954. The summed E-state index contributed by atoms with van der Waals surface area (Å²) in [6.45, 7) is 4.93. The average Bonchev–Trinajstić information content (AvgIpc) is 3.12. The Kier molecular flexibility index (Phi) is 6.16. The number of nitrogens with one attached hydrogen (secondary N) is 2. The summed E-state index contributed by atoms with van der Waals surface area (Å²) in [4.78, 5) is 15.8. The molecule has 6 nitrogen and oxygen atoms in total. The smallest absolute Gasteiger partial charge is 0.251 e. The van der Waals surface area contributed by atoms with E-state index in [2.05, 4.69) is 16.4 Å². The number of para-hydroxylation sites is 1. The number of aromatic amines is 1. The molecule has 0 unspecified atom stereocenters. The van der Waals surface area contributed by atoms with E-state index in [0.29, 0.717) is 31.6 Å². The number of sulfonamides is 1. The fraction of sp³-hybridized carbons (Fsp3) is 0.286. The third-order valence-electron chi connectivity index (χ3n) is 4.81. The maximum atomic E-state index is 12.5. The predicted molar refractivity (Wildman–Crippen MR) is 111 cm³/mol. The van der Waals surface area contributed by atoms with Crippen LogP contribution < -0.4 is 5.32 Å². The predicted octanol–water partition coefficient (Wildman–Crippen LogP) is 3.17. The summed E-state index contributed by atoms with van der Waals surface area (Å²) in [7, 11) is -3.51. The molecule has 1 aromatic heterocycles. The van der Waals surface area contributed by atoms with Crippen molar-refractivity contribution in [1.29, 1.82) is 0 Å². The van der Waals surface area contributed by atoms with Crippen molar-refractivity contribution in [2.75, 3.05) is 19.6 Å². The van der Waals surface area contributed by atoms with Gasteiger partial charge in [0.2, 0.25) is 10.0 Å². The van der Waals surface area contributed by atoms with Crippen LogP contribution >= 0.6 is 0 Å². The number of amides is 1. The van der Waals surface area contributed by atoms with Crippen LogP contribution in [0, 0.1) is 0 Å². The quantitative estimate of drug-likeness (QED) is 0.610. The van der Waals surface area contributed by atoms with Gasteiger partial charge in [0.05, 0.1) is 4.90 Å². The molecule has 0 saturated carbocycles. The Morgan fingerprint density at radius 2 is 1.71 bits per heavy atom. The molecule has 1 heterocycles. The molecule has 0 aliphatic carbocycles. The van der Waals surface area contributed by atoms with Gasteiger partial charge in [0.1, 0.15) is 0 Å². The van der Waals surface area contributed by atoms with Gasteiger partial charge >= 0.3 is 0 Å². The van der Waals surface area contributed by atoms with Crippen molar-refractivity contribution < 1.29 is 13.2 Å². The molecular weight excluding hydrogens is 374 g/mol. The summed E-state index contributed by atoms with van der Waals surface area (Å²) in [5.74, 6) is -0.216.